The molecule has 0 aliphatic carbocycles. The largest absolute Gasteiger partial charge is 0.323 e. The monoisotopic (exact) mass is 300 g/mol. The van der Waals surface area contributed by atoms with Crippen LogP contribution < -0.4 is 10.6 Å². The lowest BCUT2D eigenvalue weighted by atomic mass is 10.3. The maximum atomic E-state index is 13.3. The van der Waals surface area contributed by atoms with Crippen molar-refractivity contribution in [2.24, 2.45) is 0 Å². The van der Waals surface area contributed by atoms with E-state index in [2.05, 4.69) is 10.6 Å². The summed E-state index contributed by atoms with van der Waals surface area (Å²) in [4.78, 5) is 11.6. The second-order valence-electron chi connectivity index (χ2n) is 3.83. The van der Waals surface area contributed by atoms with Gasteiger partial charge in [-0.2, -0.15) is 0 Å². The van der Waals surface area contributed by atoms with Gasteiger partial charge in [0.2, 0.25) is 0 Å². The first kappa shape index (κ1) is 14.2. The molecule has 0 saturated heterocycles. The highest BCUT2D eigenvalue weighted by Crippen LogP contribution is 2.23. The van der Waals surface area contributed by atoms with Crippen molar-refractivity contribution in [2.75, 3.05) is 10.6 Å². The van der Waals surface area contributed by atoms with Gasteiger partial charge in [-0.25, -0.2) is 18.0 Å². The summed E-state index contributed by atoms with van der Waals surface area (Å²) >= 11 is 5.76. The number of rotatable bonds is 2. The molecule has 3 nitrogen and oxygen atoms in total. The van der Waals surface area contributed by atoms with Crippen molar-refractivity contribution >= 4 is 29.0 Å². The standard InChI is InChI=1S/C13H8ClF3N2O/c14-9-3-1-8(16)6-12(9)19-13(20)18-11-4-2-7(15)5-10(11)17/h1-6H,(H2,18,19,20). The third-order valence-electron chi connectivity index (χ3n) is 2.36. The van der Waals surface area contributed by atoms with Crippen molar-refractivity contribution in [3.63, 3.8) is 0 Å². The molecule has 0 unspecified atom stereocenters. The van der Waals surface area contributed by atoms with Crippen LogP contribution in [0, 0.1) is 17.5 Å². The fraction of sp³-hybridized carbons (Fsp3) is 0. The van der Waals surface area contributed by atoms with Crippen molar-refractivity contribution in [1.82, 2.24) is 0 Å². The molecule has 2 rings (SSSR count). The van der Waals surface area contributed by atoms with E-state index in [0.717, 1.165) is 24.3 Å². The molecule has 0 heterocycles. The Bertz CT molecular complexity index is 664. The van der Waals surface area contributed by atoms with Gasteiger partial charge in [-0.15, -0.1) is 0 Å². The molecule has 20 heavy (non-hydrogen) atoms. The van der Waals surface area contributed by atoms with E-state index in [0.29, 0.717) is 6.07 Å². The second kappa shape index (κ2) is 5.83. The number of amides is 2. The first-order chi connectivity index (χ1) is 9.45. The fourth-order valence-corrected chi connectivity index (χ4v) is 1.62. The smallest absolute Gasteiger partial charge is 0.306 e. The number of carbonyl (C=O) groups excluding carboxylic acids is 1. The van der Waals surface area contributed by atoms with E-state index in [9.17, 15) is 18.0 Å². The topological polar surface area (TPSA) is 41.1 Å². The molecule has 7 heteroatoms. The van der Waals surface area contributed by atoms with Crippen LogP contribution in [0.15, 0.2) is 36.4 Å². The van der Waals surface area contributed by atoms with Gasteiger partial charge in [0.25, 0.3) is 0 Å². The van der Waals surface area contributed by atoms with Gasteiger partial charge < -0.3 is 10.6 Å². The lowest BCUT2D eigenvalue weighted by molar-refractivity contribution is 0.262. The predicted molar refractivity (Wildman–Crippen MR) is 70.4 cm³/mol. The van der Waals surface area contributed by atoms with Gasteiger partial charge in [0.05, 0.1) is 16.4 Å². The van der Waals surface area contributed by atoms with Gasteiger partial charge in [0.15, 0.2) is 0 Å². The van der Waals surface area contributed by atoms with Crippen molar-refractivity contribution < 1.29 is 18.0 Å². The number of hydrogen-bond acceptors (Lipinski definition) is 1. The Morgan fingerprint density at radius 3 is 2.20 bits per heavy atom. The Morgan fingerprint density at radius 2 is 1.50 bits per heavy atom. The molecular weight excluding hydrogens is 293 g/mol. The van der Waals surface area contributed by atoms with Crippen LogP contribution in [-0.2, 0) is 0 Å². The molecular formula is C13H8ClF3N2O. The maximum absolute atomic E-state index is 13.3. The Kier molecular flexibility index (Phi) is 4.14. The van der Waals surface area contributed by atoms with E-state index in [4.69, 9.17) is 11.6 Å². The number of urea groups is 1. The molecule has 0 aliphatic heterocycles. The van der Waals surface area contributed by atoms with Crippen LogP contribution in [-0.4, -0.2) is 6.03 Å². The third-order valence-corrected chi connectivity index (χ3v) is 2.69. The summed E-state index contributed by atoms with van der Waals surface area (Å²) in [5, 5.41) is 4.54. The first-order valence-electron chi connectivity index (χ1n) is 5.44. The van der Waals surface area contributed by atoms with Crippen LogP contribution in [0.1, 0.15) is 0 Å². The van der Waals surface area contributed by atoms with Gasteiger partial charge in [0, 0.05) is 6.07 Å². The number of hydrogen-bond donors (Lipinski definition) is 2. The lowest BCUT2D eigenvalue weighted by Crippen LogP contribution is -2.20. The second-order valence-corrected chi connectivity index (χ2v) is 4.23. The summed E-state index contributed by atoms with van der Waals surface area (Å²) in [6, 6.07) is 5.28. The fourth-order valence-electron chi connectivity index (χ4n) is 1.46. The Balaban J connectivity index is 2.11. The van der Waals surface area contributed by atoms with Gasteiger partial charge in [-0.05, 0) is 30.3 Å². The molecule has 0 aliphatic rings. The van der Waals surface area contributed by atoms with E-state index >= 15 is 0 Å². The maximum Gasteiger partial charge on any atom is 0.323 e. The number of carbonyl (C=O) groups is 1. The zero-order valence-corrected chi connectivity index (χ0v) is 10.6. The summed E-state index contributed by atoms with van der Waals surface area (Å²) in [5.41, 5.74) is -0.178. The molecule has 2 aromatic carbocycles. The van der Waals surface area contributed by atoms with Crippen LogP contribution >= 0.6 is 11.6 Å². The van der Waals surface area contributed by atoms with Crippen LogP contribution in [0.4, 0.5) is 29.3 Å². The zero-order valence-electron chi connectivity index (χ0n) is 9.88. The highest BCUT2D eigenvalue weighted by Gasteiger charge is 2.10. The molecule has 104 valence electrons. The first-order valence-corrected chi connectivity index (χ1v) is 5.81. The normalized spacial score (nSPS) is 10.2. The van der Waals surface area contributed by atoms with E-state index in [-0.39, 0.29) is 16.4 Å². The molecule has 2 aromatic rings. The Hall–Kier alpha value is -2.21. The van der Waals surface area contributed by atoms with E-state index in [1.807, 2.05) is 0 Å². The number of nitrogens with one attached hydrogen (secondary N) is 2. The minimum absolute atomic E-state index is 0.0340. The summed E-state index contributed by atoms with van der Waals surface area (Å²) in [6.07, 6.45) is 0. The predicted octanol–water partition coefficient (Wildman–Crippen LogP) is 4.40. The number of halogens is 4. The molecule has 0 atom stereocenters. The van der Waals surface area contributed by atoms with Crippen LogP contribution in [0.3, 0.4) is 0 Å². The van der Waals surface area contributed by atoms with Crippen molar-refractivity contribution in [3.8, 4) is 0 Å². The Labute approximate surface area is 117 Å². The Morgan fingerprint density at radius 1 is 0.900 bits per heavy atom. The highest BCUT2D eigenvalue weighted by molar-refractivity contribution is 6.33. The molecule has 0 aromatic heterocycles. The zero-order chi connectivity index (χ0) is 14.7. The van der Waals surface area contributed by atoms with Crippen LogP contribution in [0.25, 0.3) is 0 Å². The van der Waals surface area contributed by atoms with Crippen LogP contribution in [0.2, 0.25) is 5.02 Å². The summed E-state index contributed by atoms with van der Waals surface area (Å²) in [5.74, 6) is -2.27. The molecule has 0 spiro atoms. The van der Waals surface area contributed by atoms with Crippen molar-refractivity contribution in [1.29, 1.82) is 0 Å². The summed E-state index contributed by atoms with van der Waals surface area (Å²) in [6.45, 7) is 0. The van der Waals surface area contributed by atoms with Gasteiger partial charge in [-0.3, -0.25) is 0 Å². The average Bonchev–Trinajstić information content (AvgIpc) is 2.37. The van der Waals surface area contributed by atoms with E-state index in [1.165, 1.54) is 6.07 Å². The highest BCUT2D eigenvalue weighted by atomic mass is 35.5. The molecule has 2 amide bonds. The minimum atomic E-state index is -0.925. The molecule has 0 bridgehead atoms. The van der Waals surface area contributed by atoms with Crippen LogP contribution in [0.5, 0.6) is 0 Å². The van der Waals surface area contributed by atoms with Gasteiger partial charge in [-0.1, -0.05) is 11.6 Å². The lowest BCUT2D eigenvalue weighted by Gasteiger charge is -2.09. The van der Waals surface area contributed by atoms with E-state index < -0.39 is 23.5 Å². The third kappa shape index (κ3) is 3.42. The molecule has 0 saturated carbocycles. The minimum Gasteiger partial charge on any atom is -0.306 e. The summed E-state index contributed by atoms with van der Waals surface area (Å²) in [7, 11) is 0. The van der Waals surface area contributed by atoms with Gasteiger partial charge in [0.1, 0.15) is 17.5 Å². The number of benzene rings is 2. The quantitative estimate of drug-likeness (QED) is 0.848. The van der Waals surface area contributed by atoms with E-state index in [1.54, 1.807) is 0 Å². The summed E-state index contributed by atoms with van der Waals surface area (Å²) < 4.78 is 39.0. The van der Waals surface area contributed by atoms with Crippen molar-refractivity contribution in [3.05, 3.63) is 58.9 Å². The molecule has 0 radical (unpaired) electrons. The van der Waals surface area contributed by atoms with Crippen molar-refractivity contribution in [2.45, 2.75) is 0 Å². The molecule has 0 fully saturated rings. The van der Waals surface area contributed by atoms with Gasteiger partial charge >= 0.3 is 6.03 Å². The average molecular weight is 301 g/mol. The SMILES string of the molecule is O=C(Nc1ccc(F)cc1F)Nc1cc(F)ccc1Cl. The number of anilines is 2. The molecule has 2 N–H and O–H groups in total.